The van der Waals surface area contributed by atoms with Crippen LogP contribution < -0.4 is 5.73 Å². The van der Waals surface area contributed by atoms with Crippen molar-refractivity contribution in [3.05, 3.63) is 71.4 Å². The molecule has 0 saturated heterocycles. The van der Waals surface area contributed by atoms with Crippen LogP contribution in [0, 0.1) is 12.3 Å². The minimum atomic E-state index is -0.321. The Kier molecular flexibility index (Phi) is 2.72. The van der Waals surface area contributed by atoms with Crippen LogP contribution in [-0.2, 0) is 0 Å². The molecule has 3 N–H and O–H groups in total. The summed E-state index contributed by atoms with van der Waals surface area (Å²) < 4.78 is 1.86. The number of ketones is 1. The molecular weight excluding hydrogens is 288 g/mol. The molecule has 3 aromatic rings. The third-order valence-electron chi connectivity index (χ3n) is 4.08. The number of fused-ring (bicyclic) bond motifs is 2. The van der Waals surface area contributed by atoms with E-state index in [0.717, 1.165) is 16.5 Å². The van der Waals surface area contributed by atoms with Gasteiger partial charge in [0.1, 0.15) is 17.2 Å². The summed E-state index contributed by atoms with van der Waals surface area (Å²) in [5.74, 6) is 0.339. The Labute approximate surface area is 132 Å². The highest BCUT2D eigenvalue weighted by molar-refractivity contribution is 6.24. The minimum absolute atomic E-state index is 0.0602. The molecule has 1 heterocycles. The van der Waals surface area contributed by atoms with E-state index in [1.54, 1.807) is 0 Å². The summed E-state index contributed by atoms with van der Waals surface area (Å²) in [4.78, 5) is 16.6. The molecule has 0 spiro atoms. The number of benzene rings is 2. The number of nitrogens with one attached hydrogen (secondary N) is 1. The van der Waals surface area contributed by atoms with Crippen molar-refractivity contribution < 1.29 is 4.79 Å². The number of aromatic nitrogens is 2. The lowest BCUT2D eigenvalue weighted by atomic mass is 10.0. The average molecular weight is 302 g/mol. The number of aryl methyl sites for hydroxylation is 1. The predicted molar refractivity (Wildman–Crippen MR) is 89.2 cm³/mol. The first kappa shape index (κ1) is 13.5. The second-order valence-corrected chi connectivity index (χ2v) is 5.53. The van der Waals surface area contributed by atoms with E-state index in [0.29, 0.717) is 11.5 Å². The number of allylic oxidation sites excluding steroid dienone is 2. The molecule has 1 aliphatic rings. The maximum absolute atomic E-state index is 12.3. The monoisotopic (exact) mass is 302 g/mol. The molecule has 1 aliphatic carbocycles. The summed E-state index contributed by atoms with van der Waals surface area (Å²) >= 11 is 0. The average Bonchev–Trinajstić information content (AvgIpc) is 2.90. The van der Waals surface area contributed by atoms with E-state index >= 15 is 0 Å². The van der Waals surface area contributed by atoms with Crippen molar-refractivity contribution in [3.8, 4) is 5.69 Å². The third kappa shape index (κ3) is 1.83. The third-order valence-corrected chi connectivity index (χ3v) is 4.08. The van der Waals surface area contributed by atoms with Gasteiger partial charge >= 0.3 is 0 Å². The standard InChI is InChI=1S/C18H14N4O/c1-10-21-16-17(13(19)9-14(20)18(16)23)22(10)15-8-4-6-11-5-2-3-7-12(11)15/h2-9,19H,20H2,1H3. The van der Waals surface area contributed by atoms with Crippen LogP contribution in [0.2, 0.25) is 0 Å². The summed E-state index contributed by atoms with van der Waals surface area (Å²) in [6, 6.07) is 14.0. The van der Waals surface area contributed by atoms with Crippen molar-refractivity contribution in [2.24, 2.45) is 5.73 Å². The van der Waals surface area contributed by atoms with Gasteiger partial charge in [0, 0.05) is 5.39 Å². The zero-order valence-electron chi connectivity index (χ0n) is 12.5. The van der Waals surface area contributed by atoms with Crippen LogP contribution in [0.5, 0.6) is 0 Å². The summed E-state index contributed by atoms with van der Waals surface area (Å²) in [5, 5.41) is 10.4. The number of carbonyl (C=O) groups is 1. The molecule has 2 aromatic carbocycles. The lowest BCUT2D eigenvalue weighted by molar-refractivity contribution is 0.102. The number of imidazole rings is 1. The second-order valence-electron chi connectivity index (χ2n) is 5.53. The van der Waals surface area contributed by atoms with Crippen molar-refractivity contribution in [2.75, 3.05) is 0 Å². The maximum atomic E-state index is 12.3. The molecule has 0 bridgehead atoms. The van der Waals surface area contributed by atoms with Crippen LogP contribution in [0.25, 0.3) is 16.5 Å². The molecule has 1 aromatic heterocycles. The number of hydrogen-bond acceptors (Lipinski definition) is 4. The van der Waals surface area contributed by atoms with Gasteiger partial charge in [0.05, 0.1) is 17.1 Å². The number of Topliss-reactive ketones (excluding diaryl/α,β-unsaturated/α-hetero) is 1. The first-order valence-corrected chi connectivity index (χ1v) is 7.26. The van der Waals surface area contributed by atoms with E-state index in [1.807, 2.05) is 54.0 Å². The minimum Gasteiger partial charge on any atom is -0.395 e. The predicted octanol–water partition coefficient (Wildman–Crippen LogP) is 2.74. The fourth-order valence-corrected chi connectivity index (χ4v) is 3.06. The Morgan fingerprint density at radius 3 is 2.70 bits per heavy atom. The topological polar surface area (TPSA) is 84.8 Å². The molecule has 5 nitrogen and oxygen atoms in total. The van der Waals surface area contributed by atoms with E-state index in [2.05, 4.69) is 4.98 Å². The van der Waals surface area contributed by atoms with E-state index in [9.17, 15) is 4.79 Å². The lowest BCUT2D eigenvalue weighted by Gasteiger charge is -2.15. The molecule has 112 valence electrons. The van der Waals surface area contributed by atoms with Gasteiger partial charge in [0.15, 0.2) is 0 Å². The number of nitrogens with zero attached hydrogens (tertiary/aromatic N) is 2. The molecular formula is C18H14N4O. The maximum Gasteiger partial charge on any atom is 0.229 e. The number of rotatable bonds is 1. The molecule has 0 unspecified atom stereocenters. The largest absolute Gasteiger partial charge is 0.395 e. The molecule has 0 atom stereocenters. The van der Waals surface area contributed by atoms with Gasteiger partial charge in [0.25, 0.3) is 0 Å². The number of carbonyl (C=O) groups excluding carboxylic acids is 1. The van der Waals surface area contributed by atoms with E-state index in [-0.39, 0.29) is 22.9 Å². The summed E-state index contributed by atoms with van der Waals surface area (Å²) in [5.41, 5.74) is 7.61. The molecule has 23 heavy (non-hydrogen) atoms. The molecule has 0 aliphatic heterocycles. The molecule has 4 rings (SSSR count). The van der Waals surface area contributed by atoms with Gasteiger partial charge in [0.2, 0.25) is 5.78 Å². The van der Waals surface area contributed by atoms with Gasteiger partial charge in [-0.3, -0.25) is 14.8 Å². The van der Waals surface area contributed by atoms with Crippen LogP contribution in [0.4, 0.5) is 0 Å². The highest BCUT2D eigenvalue weighted by Gasteiger charge is 2.29. The smallest absolute Gasteiger partial charge is 0.229 e. The Balaban J connectivity index is 2.08. The van der Waals surface area contributed by atoms with Gasteiger partial charge < -0.3 is 5.73 Å². The van der Waals surface area contributed by atoms with Gasteiger partial charge in [-0.1, -0.05) is 36.4 Å². The van der Waals surface area contributed by atoms with Crippen LogP contribution in [0.1, 0.15) is 22.0 Å². The Bertz CT molecular complexity index is 1020. The number of nitrogens with two attached hydrogens (primary N) is 1. The van der Waals surface area contributed by atoms with Crippen LogP contribution in [0.3, 0.4) is 0 Å². The Hall–Kier alpha value is -3.21. The van der Waals surface area contributed by atoms with Gasteiger partial charge in [-0.2, -0.15) is 0 Å². The molecule has 0 saturated carbocycles. The molecule has 5 heteroatoms. The van der Waals surface area contributed by atoms with Crippen LogP contribution >= 0.6 is 0 Å². The van der Waals surface area contributed by atoms with E-state index in [4.69, 9.17) is 11.1 Å². The SMILES string of the molecule is Cc1nc2c(n1-c1cccc3ccccc13)C(=N)C=C(N)C2=O. The first-order valence-electron chi connectivity index (χ1n) is 7.26. The fourth-order valence-electron chi connectivity index (χ4n) is 3.06. The summed E-state index contributed by atoms with van der Waals surface area (Å²) in [6.45, 7) is 1.83. The van der Waals surface area contributed by atoms with Crippen molar-refractivity contribution in [2.45, 2.75) is 6.92 Å². The number of hydrogen-bond donors (Lipinski definition) is 2. The Morgan fingerprint density at radius 1 is 1.13 bits per heavy atom. The van der Waals surface area contributed by atoms with Crippen LogP contribution in [-0.4, -0.2) is 21.0 Å². The highest BCUT2D eigenvalue weighted by atomic mass is 16.1. The van der Waals surface area contributed by atoms with Gasteiger partial charge in [-0.15, -0.1) is 0 Å². The van der Waals surface area contributed by atoms with Crippen LogP contribution in [0.15, 0.2) is 54.2 Å². The summed E-state index contributed by atoms with van der Waals surface area (Å²) in [6.07, 6.45) is 1.40. The molecule has 0 radical (unpaired) electrons. The van der Waals surface area contributed by atoms with Crippen molar-refractivity contribution in [1.82, 2.24) is 9.55 Å². The summed E-state index contributed by atoms with van der Waals surface area (Å²) in [7, 11) is 0. The van der Waals surface area contributed by atoms with Gasteiger partial charge in [-0.05, 0) is 24.5 Å². The molecule has 0 fully saturated rings. The second kappa shape index (κ2) is 4.64. The quantitative estimate of drug-likeness (QED) is 0.725. The van der Waals surface area contributed by atoms with E-state index < -0.39 is 0 Å². The van der Waals surface area contributed by atoms with Crippen molar-refractivity contribution in [1.29, 1.82) is 5.41 Å². The zero-order chi connectivity index (χ0) is 16.1. The lowest BCUT2D eigenvalue weighted by Crippen LogP contribution is -2.23. The van der Waals surface area contributed by atoms with Crippen molar-refractivity contribution >= 4 is 22.3 Å². The normalized spacial score (nSPS) is 14.0. The Morgan fingerprint density at radius 2 is 1.87 bits per heavy atom. The first-order chi connectivity index (χ1) is 11.1. The van der Waals surface area contributed by atoms with E-state index in [1.165, 1.54) is 6.08 Å². The zero-order valence-corrected chi connectivity index (χ0v) is 12.5. The highest BCUT2D eigenvalue weighted by Crippen LogP contribution is 2.28. The van der Waals surface area contributed by atoms with Gasteiger partial charge in [-0.25, -0.2) is 4.98 Å². The van der Waals surface area contributed by atoms with Crippen molar-refractivity contribution in [3.63, 3.8) is 0 Å². The molecule has 0 amide bonds. The fraction of sp³-hybridized carbons (Fsp3) is 0.0556.